The molecule has 2 nitrogen and oxygen atoms in total. The van der Waals surface area contributed by atoms with E-state index in [4.69, 9.17) is 5.26 Å². The summed E-state index contributed by atoms with van der Waals surface area (Å²) in [5.41, 5.74) is 0. The number of rotatable bonds is 1. The van der Waals surface area contributed by atoms with Gasteiger partial charge in [-0.05, 0) is 0 Å². The summed E-state index contributed by atoms with van der Waals surface area (Å²) < 4.78 is 0. The molecule has 1 fully saturated rings. The number of nitrogens with zero attached hydrogens (tertiary/aromatic N) is 2. The normalized spacial score (nSPS) is 17.5. The monoisotopic (exact) mass is 108 g/mol. The standard InChI is InChI=1S/C5H9BN2/c1-2-6-3-8(4-6)5-7/h2-4H2,1H3. The lowest BCUT2D eigenvalue weighted by molar-refractivity contribution is 0.457. The summed E-state index contributed by atoms with van der Waals surface area (Å²) in [4.78, 5) is 1.79. The predicted octanol–water partition coefficient (Wildman–Crippen LogP) is 0.376. The molecule has 0 radical (unpaired) electrons. The van der Waals surface area contributed by atoms with Crippen LogP contribution in [0.1, 0.15) is 6.92 Å². The van der Waals surface area contributed by atoms with Crippen molar-refractivity contribution in [2.24, 2.45) is 0 Å². The average molecular weight is 108 g/mol. The first-order valence-electron chi connectivity index (χ1n) is 3.01. The topological polar surface area (TPSA) is 27.0 Å². The number of nitriles is 1. The van der Waals surface area contributed by atoms with Crippen LogP contribution in [0, 0.1) is 11.5 Å². The molecule has 0 atom stereocenters. The van der Waals surface area contributed by atoms with Crippen LogP contribution in [0.5, 0.6) is 0 Å². The van der Waals surface area contributed by atoms with E-state index < -0.39 is 0 Å². The Labute approximate surface area is 50.2 Å². The Morgan fingerprint density at radius 1 is 1.75 bits per heavy atom. The first kappa shape index (κ1) is 5.49. The van der Waals surface area contributed by atoms with Gasteiger partial charge in [0, 0.05) is 12.9 Å². The molecule has 0 bridgehead atoms. The lowest BCUT2D eigenvalue weighted by Crippen LogP contribution is -2.51. The fraction of sp³-hybridized carbons (Fsp3) is 0.800. The molecule has 0 N–H and O–H groups in total. The maximum Gasteiger partial charge on any atom is 0.187 e. The zero-order valence-electron chi connectivity index (χ0n) is 5.09. The highest BCUT2D eigenvalue weighted by atomic mass is 15.1. The van der Waals surface area contributed by atoms with Crippen molar-refractivity contribution in [3.8, 4) is 6.19 Å². The minimum Gasteiger partial charge on any atom is -0.325 e. The van der Waals surface area contributed by atoms with E-state index in [9.17, 15) is 0 Å². The molecule has 0 unspecified atom stereocenters. The highest BCUT2D eigenvalue weighted by molar-refractivity contribution is 6.61. The quantitative estimate of drug-likeness (QED) is 0.358. The van der Waals surface area contributed by atoms with Crippen molar-refractivity contribution in [1.82, 2.24) is 4.90 Å². The molecule has 3 heteroatoms. The maximum atomic E-state index is 8.28. The van der Waals surface area contributed by atoms with Crippen molar-refractivity contribution < 1.29 is 0 Å². The molecule has 0 amide bonds. The highest BCUT2D eigenvalue weighted by Gasteiger charge is 2.26. The van der Waals surface area contributed by atoms with Gasteiger partial charge in [-0.3, -0.25) is 0 Å². The fourth-order valence-corrected chi connectivity index (χ4v) is 0.910. The van der Waals surface area contributed by atoms with Crippen molar-refractivity contribution in [2.75, 3.05) is 12.9 Å². The molecule has 1 aliphatic heterocycles. The van der Waals surface area contributed by atoms with Crippen LogP contribution >= 0.6 is 0 Å². The van der Waals surface area contributed by atoms with Gasteiger partial charge >= 0.3 is 0 Å². The van der Waals surface area contributed by atoms with Gasteiger partial charge in [-0.15, -0.1) is 0 Å². The largest absolute Gasteiger partial charge is 0.325 e. The lowest BCUT2D eigenvalue weighted by atomic mass is 9.42. The van der Waals surface area contributed by atoms with Crippen LogP contribution in [-0.2, 0) is 0 Å². The van der Waals surface area contributed by atoms with Gasteiger partial charge in [0.2, 0.25) is 0 Å². The van der Waals surface area contributed by atoms with Crippen LogP contribution in [0.25, 0.3) is 0 Å². The molecule has 0 saturated carbocycles. The van der Waals surface area contributed by atoms with Gasteiger partial charge in [0.05, 0.1) is 0 Å². The van der Waals surface area contributed by atoms with Crippen molar-refractivity contribution in [3.05, 3.63) is 0 Å². The molecule has 1 rings (SSSR count). The minimum atomic E-state index is 0.801. The summed E-state index contributed by atoms with van der Waals surface area (Å²) in [6.07, 6.45) is 5.31. The minimum absolute atomic E-state index is 0.801. The molecule has 1 heterocycles. The Bertz CT molecular complexity index is 112. The second kappa shape index (κ2) is 2.08. The zero-order valence-corrected chi connectivity index (χ0v) is 5.09. The Balaban J connectivity index is 2.14. The number of hydrogen-bond donors (Lipinski definition) is 0. The molecular formula is C5H9BN2. The van der Waals surface area contributed by atoms with Gasteiger partial charge in [0.25, 0.3) is 0 Å². The molecule has 0 aromatic rings. The molecule has 0 aromatic carbocycles. The molecule has 0 aromatic heterocycles. The van der Waals surface area contributed by atoms with E-state index in [1.165, 1.54) is 6.32 Å². The highest BCUT2D eigenvalue weighted by Crippen LogP contribution is 2.06. The second-order valence-corrected chi connectivity index (χ2v) is 2.28. The van der Waals surface area contributed by atoms with E-state index >= 15 is 0 Å². The van der Waals surface area contributed by atoms with Gasteiger partial charge in [0.15, 0.2) is 12.9 Å². The summed E-state index contributed by atoms with van der Waals surface area (Å²) in [5.74, 6) is 0. The van der Waals surface area contributed by atoms with E-state index in [1.807, 2.05) is 0 Å². The molecule has 1 saturated heterocycles. The van der Waals surface area contributed by atoms with Crippen LogP contribution in [0.15, 0.2) is 0 Å². The van der Waals surface area contributed by atoms with Crippen molar-refractivity contribution >= 4 is 6.71 Å². The third-order valence-electron chi connectivity index (χ3n) is 1.68. The van der Waals surface area contributed by atoms with Crippen LogP contribution < -0.4 is 0 Å². The van der Waals surface area contributed by atoms with E-state index in [0.29, 0.717) is 0 Å². The fourth-order valence-electron chi connectivity index (χ4n) is 0.910. The van der Waals surface area contributed by atoms with Crippen molar-refractivity contribution in [2.45, 2.75) is 13.2 Å². The third-order valence-corrected chi connectivity index (χ3v) is 1.68. The van der Waals surface area contributed by atoms with Gasteiger partial charge < -0.3 is 4.90 Å². The van der Waals surface area contributed by atoms with E-state index in [2.05, 4.69) is 13.1 Å². The smallest absolute Gasteiger partial charge is 0.187 e. The summed E-state index contributed by atoms with van der Waals surface area (Å²) in [6, 6.07) is 0. The number of hydrogen-bond acceptors (Lipinski definition) is 2. The molecule has 0 spiro atoms. The molecule has 8 heavy (non-hydrogen) atoms. The van der Waals surface area contributed by atoms with Crippen LogP contribution in [0.2, 0.25) is 6.32 Å². The van der Waals surface area contributed by atoms with E-state index in [-0.39, 0.29) is 0 Å². The second-order valence-electron chi connectivity index (χ2n) is 2.28. The Morgan fingerprint density at radius 2 is 2.38 bits per heavy atom. The average Bonchev–Trinajstić information content (AvgIpc) is 1.65. The molecule has 42 valence electrons. The Hall–Kier alpha value is -0.645. The summed E-state index contributed by atoms with van der Waals surface area (Å²) in [6.45, 7) is 2.97. The van der Waals surface area contributed by atoms with E-state index in [0.717, 1.165) is 19.6 Å². The van der Waals surface area contributed by atoms with Gasteiger partial charge in [-0.2, -0.15) is 5.26 Å². The first-order chi connectivity index (χ1) is 3.86. The SMILES string of the molecule is CCB1CN(C#N)C1. The molecular weight excluding hydrogens is 98.9 g/mol. The van der Waals surface area contributed by atoms with Gasteiger partial charge in [-0.1, -0.05) is 13.2 Å². The van der Waals surface area contributed by atoms with Crippen molar-refractivity contribution in [1.29, 1.82) is 5.26 Å². The van der Waals surface area contributed by atoms with Crippen LogP contribution in [-0.4, -0.2) is 24.5 Å². The summed E-state index contributed by atoms with van der Waals surface area (Å²) in [7, 11) is 0. The van der Waals surface area contributed by atoms with Gasteiger partial charge in [-0.25, -0.2) is 0 Å². The predicted molar refractivity (Wildman–Crippen MR) is 33.4 cm³/mol. The zero-order chi connectivity index (χ0) is 5.98. The molecule has 1 aliphatic rings. The van der Waals surface area contributed by atoms with Crippen LogP contribution in [0.4, 0.5) is 0 Å². The van der Waals surface area contributed by atoms with Gasteiger partial charge in [0.1, 0.15) is 0 Å². The Kier molecular flexibility index (Phi) is 1.43. The van der Waals surface area contributed by atoms with E-state index in [1.54, 1.807) is 4.90 Å². The Morgan fingerprint density at radius 3 is 2.75 bits per heavy atom. The maximum absolute atomic E-state index is 8.28. The lowest BCUT2D eigenvalue weighted by Gasteiger charge is -2.31. The third kappa shape index (κ3) is 0.788. The van der Waals surface area contributed by atoms with Crippen LogP contribution in [0.3, 0.4) is 0 Å². The molecule has 0 aliphatic carbocycles. The summed E-state index contributed by atoms with van der Waals surface area (Å²) >= 11 is 0. The first-order valence-corrected chi connectivity index (χ1v) is 3.01. The summed E-state index contributed by atoms with van der Waals surface area (Å²) in [5, 5.41) is 8.28. The van der Waals surface area contributed by atoms with Crippen molar-refractivity contribution in [3.63, 3.8) is 0 Å².